The van der Waals surface area contributed by atoms with E-state index in [2.05, 4.69) is 30.3 Å². The topological polar surface area (TPSA) is 114 Å². The quantitative estimate of drug-likeness (QED) is 0.233. The molecule has 0 bridgehead atoms. The first-order valence-electron chi connectivity index (χ1n) is 9.83. The molecule has 2 aliphatic heterocycles. The van der Waals surface area contributed by atoms with E-state index in [9.17, 15) is 26.3 Å². The summed E-state index contributed by atoms with van der Waals surface area (Å²) in [6.07, 6.45) is 5.97. The highest BCUT2D eigenvalue weighted by molar-refractivity contribution is 8.00. The monoisotopic (exact) mass is 578 g/mol. The predicted octanol–water partition coefficient (Wildman–Crippen LogP) is 3.65. The van der Waals surface area contributed by atoms with E-state index < -0.39 is 31.3 Å². The second kappa shape index (κ2) is 13.0. The van der Waals surface area contributed by atoms with Gasteiger partial charge in [-0.15, -0.1) is 0 Å². The molecule has 0 saturated carbocycles. The average molecular weight is 579 g/mol. The van der Waals surface area contributed by atoms with Gasteiger partial charge in [0.1, 0.15) is 23.0 Å². The van der Waals surface area contributed by atoms with E-state index in [1.54, 1.807) is 5.56 Å². The first-order chi connectivity index (χ1) is 15.4. The Bertz CT molecular complexity index is 897. The Morgan fingerprint density at radius 2 is 1.09 bits per heavy atom. The van der Waals surface area contributed by atoms with Crippen molar-refractivity contribution in [1.82, 2.24) is 0 Å². The summed E-state index contributed by atoms with van der Waals surface area (Å²) in [5.41, 5.74) is -9.65. The van der Waals surface area contributed by atoms with Crippen LogP contribution in [0.4, 0.5) is 26.3 Å². The van der Waals surface area contributed by atoms with Gasteiger partial charge in [-0.1, -0.05) is 30.3 Å². The highest BCUT2D eigenvalue weighted by atomic mass is 32.2. The van der Waals surface area contributed by atoms with Gasteiger partial charge in [-0.25, -0.2) is 16.8 Å². The molecule has 34 heavy (non-hydrogen) atoms. The molecule has 1 atom stereocenters. The van der Waals surface area contributed by atoms with Gasteiger partial charge in [0.25, 0.3) is 0 Å². The zero-order chi connectivity index (χ0) is 26.2. The molecule has 3 rings (SSSR count). The van der Waals surface area contributed by atoms with Crippen LogP contribution < -0.4 is 0 Å². The van der Waals surface area contributed by atoms with Gasteiger partial charge < -0.3 is 9.11 Å². The van der Waals surface area contributed by atoms with E-state index >= 15 is 0 Å². The van der Waals surface area contributed by atoms with Crippen molar-refractivity contribution in [2.75, 3.05) is 28.8 Å². The van der Waals surface area contributed by atoms with Crippen LogP contribution in [0.15, 0.2) is 30.3 Å². The van der Waals surface area contributed by atoms with Gasteiger partial charge in [0.2, 0.25) is 0 Å². The Labute approximate surface area is 200 Å². The number of hydrogen-bond donors (Lipinski definition) is 0. The Morgan fingerprint density at radius 1 is 0.735 bits per heavy atom. The largest absolute Gasteiger partial charge is 0.741 e. The van der Waals surface area contributed by atoms with Crippen LogP contribution in [0.25, 0.3) is 0 Å². The Hall–Kier alpha value is -0.680. The van der Waals surface area contributed by atoms with Crippen molar-refractivity contribution in [2.45, 2.75) is 41.9 Å². The molecule has 0 N–H and O–H groups in total. The Morgan fingerprint density at radius 3 is 1.44 bits per heavy atom. The van der Waals surface area contributed by atoms with Gasteiger partial charge in [0, 0.05) is 5.56 Å². The molecule has 0 radical (unpaired) electrons. The van der Waals surface area contributed by atoms with Crippen LogP contribution >= 0.6 is 0 Å². The second-order valence-electron chi connectivity index (χ2n) is 7.25. The Balaban J connectivity index is 0.000000304. The van der Waals surface area contributed by atoms with Crippen molar-refractivity contribution in [3.63, 3.8) is 0 Å². The summed E-state index contributed by atoms with van der Waals surface area (Å²) >= 11 is 0. The van der Waals surface area contributed by atoms with Crippen molar-refractivity contribution in [2.24, 2.45) is 0 Å². The van der Waals surface area contributed by atoms with Crippen molar-refractivity contribution >= 4 is 42.0 Å². The lowest BCUT2D eigenvalue weighted by Gasteiger charge is -2.15. The molecule has 2 fully saturated rings. The van der Waals surface area contributed by atoms with Gasteiger partial charge in [-0.05, 0) is 47.5 Å². The molecule has 1 aromatic rings. The molecule has 1 unspecified atom stereocenters. The third-order valence-corrected chi connectivity index (χ3v) is 11.5. The van der Waals surface area contributed by atoms with Crippen LogP contribution in [0.2, 0.25) is 0 Å². The minimum absolute atomic E-state index is 0.695. The summed E-state index contributed by atoms with van der Waals surface area (Å²) in [6, 6.07) is 11.4. The zero-order valence-electron chi connectivity index (χ0n) is 17.7. The fraction of sp³-hybridized carbons (Fsp3) is 0.667. The Kier molecular flexibility index (Phi) is 12.0. The zero-order valence-corrected chi connectivity index (χ0v) is 20.9. The van der Waals surface area contributed by atoms with Crippen LogP contribution in [-0.4, -0.2) is 65.7 Å². The third kappa shape index (κ3) is 10.9. The fourth-order valence-electron chi connectivity index (χ4n) is 3.11. The minimum atomic E-state index is -6.09. The molecule has 198 valence electrons. The highest BCUT2D eigenvalue weighted by Gasteiger charge is 2.41. The molecule has 2 aliphatic rings. The SMILES string of the molecule is O=S(=O)([O-])C(F)(F)F.O=S(=O)([O-])C(F)(F)F.c1ccc(C(C[S+]2CCCC2)[S+]2CCCC2)cc1. The van der Waals surface area contributed by atoms with Crippen molar-refractivity contribution in [3.8, 4) is 0 Å². The van der Waals surface area contributed by atoms with Gasteiger partial charge in [-0.3, -0.25) is 0 Å². The van der Waals surface area contributed by atoms with E-state index in [-0.39, 0.29) is 0 Å². The van der Waals surface area contributed by atoms with Crippen LogP contribution in [-0.2, 0) is 42.0 Å². The van der Waals surface area contributed by atoms with Gasteiger partial charge in [0.15, 0.2) is 31.2 Å². The normalized spacial score (nSPS) is 19.1. The van der Waals surface area contributed by atoms with Gasteiger partial charge in [-0.2, -0.15) is 26.3 Å². The number of benzene rings is 1. The third-order valence-electron chi connectivity index (χ3n) is 4.71. The van der Waals surface area contributed by atoms with E-state index in [1.807, 2.05) is 0 Å². The highest BCUT2D eigenvalue weighted by Crippen LogP contribution is 2.33. The van der Waals surface area contributed by atoms with Crippen LogP contribution in [0.3, 0.4) is 0 Å². The number of hydrogen-bond acceptors (Lipinski definition) is 6. The van der Waals surface area contributed by atoms with E-state index in [0.717, 1.165) is 16.1 Å². The summed E-state index contributed by atoms with van der Waals surface area (Å²) in [4.78, 5) is 0. The molecule has 0 aliphatic carbocycles. The van der Waals surface area contributed by atoms with Crippen LogP contribution in [0, 0.1) is 0 Å². The van der Waals surface area contributed by atoms with Crippen molar-refractivity contribution in [1.29, 1.82) is 0 Å². The van der Waals surface area contributed by atoms with E-state index in [1.165, 1.54) is 54.4 Å². The van der Waals surface area contributed by atoms with E-state index in [4.69, 9.17) is 25.9 Å². The number of rotatable bonds is 4. The summed E-state index contributed by atoms with van der Waals surface area (Å²) in [7, 11) is -10.7. The summed E-state index contributed by atoms with van der Waals surface area (Å²) < 4.78 is 118. The second-order valence-corrected chi connectivity index (χ2v) is 14.8. The molecule has 0 amide bonds. The van der Waals surface area contributed by atoms with Crippen molar-refractivity contribution in [3.05, 3.63) is 35.9 Å². The summed E-state index contributed by atoms with van der Waals surface area (Å²) in [6.45, 7) is 0. The maximum atomic E-state index is 10.7. The summed E-state index contributed by atoms with van der Waals surface area (Å²) in [5, 5.41) is 0.898. The predicted molar refractivity (Wildman–Crippen MR) is 118 cm³/mol. The maximum Gasteiger partial charge on any atom is 0.485 e. The average Bonchev–Trinajstić information content (AvgIpc) is 3.39. The maximum absolute atomic E-state index is 10.7. The van der Waals surface area contributed by atoms with Crippen LogP contribution in [0.5, 0.6) is 0 Å². The smallest absolute Gasteiger partial charge is 0.485 e. The fourth-order valence-corrected chi connectivity index (χ4v) is 9.30. The minimum Gasteiger partial charge on any atom is -0.741 e. The standard InChI is InChI=1S/C16H24S2.2CHF3O3S/c1-2-8-15(9-3-1)16(18-12-6-7-13-18)14-17-10-4-5-11-17;2*2-1(3,4)8(5,6)7/h1-3,8-9,16H,4-7,10-14H2;2*(H,5,6,7)/q+2;;/p-2. The van der Waals surface area contributed by atoms with Crippen molar-refractivity contribution < 1.29 is 52.3 Å². The molecular formula is C18H24F6O6S4. The summed E-state index contributed by atoms with van der Waals surface area (Å²) in [5.74, 6) is 7.59. The first kappa shape index (κ1) is 31.4. The molecule has 16 heteroatoms. The van der Waals surface area contributed by atoms with E-state index in [0.29, 0.717) is 10.9 Å². The molecule has 0 spiro atoms. The molecule has 2 heterocycles. The number of halogens is 6. The molecule has 0 aromatic heterocycles. The molecular weight excluding hydrogens is 554 g/mol. The lowest BCUT2D eigenvalue weighted by atomic mass is 10.2. The molecule has 2 saturated heterocycles. The lowest BCUT2D eigenvalue weighted by molar-refractivity contribution is -0.0522. The first-order valence-corrected chi connectivity index (χ1v) is 16.0. The van der Waals surface area contributed by atoms with Crippen LogP contribution in [0.1, 0.15) is 36.5 Å². The lowest BCUT2D eigenvalue weighted by Crippen LogP contribution is -2.25. The number of alkyl halides is 6. The van der Waals surface area contributed by atoms with Gasteiger partial charge >= 0.3 is 11.0 Å². The molecule has 6 nitrogen and oxygen atoms in total. The molecule has 1 aromatic carbocycles. The van der Waals surface area contributed by atoms with Gasteiger partial charge in [0.05, 0.1) is 0 Å².